The number of benzene rings is 1. The van der Waals surface area contributed by atoms with E-state index >= 15 is 0 Å². The number of halogens is 1. The molecule has 0 bridgehead atoms. The lowest BCUT2D eigenvalue weighted by Gasteiger charge is -2.16. The summed E-state index contributed by atoms with van der Waals surface area (Å²) >= 11 is 3.72. The zero-order valence-corrected chi connectivity index (χ0v) is 12.6. The Morgan fingerprint density at radius 2 is 1.95 bits per heavy atom. The summed E-state index contributed by atoms with van der Waals surface area (Å²) in [5, 5.41) is 0. The molecule has 3 unspecified atom stereocenters. The minimum absolute atomic E-state index is 0.173. The first-order valence-electron chi connectivity index (χ1n) is 6.56. The Balaban J connectivity index is 1.98. The number of ether oxygens (including phenoxy) is 1. The molecule has 1 aromatic heterocycles. The van der Waals surface area contributed by atoms with Crippen molar-refractivity contribution in [1.82, 2.24) is 9.97 Å². The van der Waals surface area contributed by atoms with Crippen LogP contribution in [0.1, 0.15) is 23.7 Å². The first-order valence-corrected chi connectivity index (χ1v) is 7.48. The van der Waals surface area contributed by atoms with Gasteiger partial charge in [-0.15, -0.1) is 0 Å². The monoisotopic (exact) mass is 338 g/mol. The van der Waals surface area contributed by atoms with Gasteiger partial charge in [-0.05, 0) is 31.0 Å². The summed E-state index contributed by atoms with van der Waals surface area (Å²) in [6.45, 7) is 2.81. The summed E-state index contributed by atoms with van der Waals surface area (Å²) in [6.07, 6.45) is 1.30. The van der Waals surface area contributed by atoms with Crippen LogP contribution in [0, 0.1) is 5.92 Å². The van der Waals surface area contributed by atoms with Crippen LogP contribution in [0.4, 0.5) is 0 Å². The largest absolute Gasteiger partial charge is 0.378 e. The highest BCUT2D eigenvalue weighted by molar-refractivity contribution is 9.09. The van der Waals surface area contributed by atoms with E-state index in [1.54, 1.807) is 0 Å². The summed E-state index contributed by atoms with van der Waals surface area (Å²) in [6, 6.07) is 5.67. The third-order valence-electron chi connectivity index (χ3n) is 3.71. The van der Waals surface area contributed by atoms with Gasteiger partial charge in [-0.3, -0.25) is 9.59 Å². The number of hydrogen-bond donors (Lipinski definition) is 2. The van der Waals surface area contributed by atoms with Gasteiger partial charge in [0.2, 0.25) is 0 Å². The van der Waals surface area contributed by atoms with E-state index in [0.29, 0.717) is 17.0 Å². The smallest absolute Gasteiger partial charge is 0.314 e. The average Bonchev–Trinajstić information content (AvgIpc) is 2.85. The normalized spacial score (nSPS) is 24.1. The lowest BCUT2D eigenvalue weighted by molar-refractivity contribution is 0.120. The molecule has 1 aliphatic rings. The van der Waals surface area contributed by atoms with Crippen molar-refractivity contribution in [3.8, 4) is 0 Å². The van der Waals surface area contributed by atoms with Gasteiger partial charge in [0.1, 0.15) is 0 Å². The van der Waals surface area contributed by atoms with Crippen LogP contribution in [0.2, 0.25) is 0 Å². The van der Waals surface area contributed by atoms with Crippen molar-refractivity contribution in [2.24, 2.45) is 5.92 Å². The highest BCUT2D eigenvalue weighted by atomic mass is 79.9. The lowest BCUT2D eigenvalue weighted by atomic mass is 9.96. The summed E-state index contributed by atoms with van der Waals surface area (Å²) in [5.41, 5.74) is 1.10. The Bertz CT molecular complexity index is 752. The molecule has 1 saturated heterocycles. The molecule has 2 heterocycles. The molecule has 6 heteroatoms. The van der Waals surface area contributed by atoms with Crippen molar-refractivity contribution in [2.45, 2.75) is 24.3 Å². The number of hydrogen-bond acceptors (Lipinski definition) is 3. The van der Waals surface area contributed by atoms with E-state index in [9.17, 15) is 9.59 Å². The molecule has 2 N–H and O–H groups in total. The fourth-order valence-corrected chi connectivity index (χ4v) is 3.28. The summed E-state index contributed by atoms with van der Waals surface area (Å²) in [4.78, 5) is 28.0. The van der Waals surface area contributed by atoms with Gasteiger partial charge in [0.25, 0.3) is 0 Å². The molecule has 3 rings (SSSR count). The molecule has 0 radical (unpaired) electrons. The summed E-state index contributed by atoms with van der Waals surface area (Å²) < 4.78 is 5.60. The van der Waals surface area contributed by atoms with Crippen LogP contribution in [0.5, 0.6) is 0 Å². The molecule has 2 aromatic rings. The minimum Gasteiger partial charge on any atom is -0.378 e. The second-order valence-corrected chi connectivity index (χ2v) is 6.24. The zero-order chi connectivity index (χ0) is 14.3. The van der Waals surface area contributed by atoms with Crippen molar-refractivity contribution in [2.75, 3.05) is 6.61 Å². The number of H-pyrrole nitrogens is 2. The summed E-state index contributed by atoms with van der Waals surface area (Å²) in [5.74, 6) is 0.414. The van der Waals surface area contributed by atoms with Crippen LogP contribution in [0.3, 0.4) is 0 Å². The van der Waals surface area contributed by atoms with Crippen LogP contribution in [-0.2, 0) is 4.74 Å². The van der Waals surface area contributed by atoms with Crippen LogP contribution >= 0.6 is 15.9 Å². The topological polar surface area (TPSA) is 75.0 Å². The molecule has 1 aromatic carbocycles. The quantitative estimate of drug-likeness (QED) is 0.650. The average molecular weight is 339 g/mol. The van der Waals surface area contributed by atoms with Crippen molar-refractivity contribution in [1.29, 1.82) is 0 Å². The van der Waals surface area contributed by atoms with Gasteiger partial charge >= 0.3 is 11.1 Å². The van der Waals surface area contributed by atoms with Crippen LogP contribution < -0.4 is 11.1 Å². The second kappa shape index (κ2) is 5.18. The lowest BCUT2D eigenvalue weighted by Crippen LogP contribution is -2.28. The van der Waals surface area contributed by atoms with Gasteiger partial charge < -0.3 is 14.7 Å². The molecule has 1 fully saturated rings. The molecule has 0 saturated carbocycles. The molecule has 5 nitrogen and oxygen atoms in total. The third kappa shape index (κ3) is 2.45. The number of aromatic nitrogens is 2. The van der Waals surface area contributed by atoms with E-state index in [4.69, 9.17) is 4.74 Å². The predicted octanol–water partition coefficient (Wildman–Crippen LogP) is 2.08. The van der Waals surface area contributed by atoms with E-state index in [1.165, 1.54) is 0 Å². The van der Waals surface area contributed by atoms with Crippen molar-refractivity contribution in [3.05, 3.63) is 44.5 Å². The number of aromatic amines is 2. The van der Waals surface area contributed by atoms with Crippen LogP contribution in [0.25, 0.3) is 11.0 Å². The van der Waals surface area contributed by atoms with Crippen molar-refractivity contribution < 1.29 is 4.74 Å². The molecule has 0 spiro atoms. The first kappa shape index (κ1) is 13.6. The van der Waals surface area contributed by atoms with Crippen LogP contribution in [0.15, 0.2) is 27.8 Å². The Morgan fingerprint density at radius 1 is 1.25 bits per heavy atom. The van der Waals surface area contributed by atoms with E-state index in [0.717, 1.165) is 18.6 Å². The maximum Gasteiger partial charge on any atom is 0.314 e. The highest BCUT2D eigenvalue weighted by Gasteiger charge is 2.29. The van der Waals surface area contributed by atoms with Gasteiger partial charge in [-0.1, -0.05) is 22.0 Å². The number of rotatable bonds is 2. The number of nitrogens with one attached hydrogen (secondary N) is 2. The fourth-order valence-electron chi connectivity index (χ4n) is 2.63. The first-order chi connectivity index (χ1) is 9.54. The third-order valence-corrected chi connectivity index (χ3v) is 4.98. The van der Waals surface area contributed by atoms with E-state index in [-0.39, 0.29) is 10.9 Å². The van der Waals surface area contributed by atoms with E-state index < -0.39 is 11.1 Å². The Kier molecular flexibility index (Phi) is 3.52. The molecule has 1 aliphatic heterocycles. The standard InChI is InChI=1S/C14H15BrN2O3/c1-7-4-9(6-20-7)12(15)8-2-3-10-11(5-8)17-14(19)13(18)16-10/h2-3,5,7,9,12H,4,6H2,1H3,(H,16,18)(H,17,19). The van der Waals surface area contributed by atoms with Gasteiger partial charge in [0.05, 0.1) is 23.7 Å². The van der Waals surface area contributed by atoms with Gasteiger partial charge in [-0.25, -0.2) is 0 Å². The molecule has 0 amide bonds. The molecule has 106 valence electrons. The van der Waals surface area contributed by atoms with Gasteiger partial charge in [0, 0.05) is 10.7 Å². The minimum atomic E-state index is -0.626. The van der Waals surface area contributed by atoms with E-state index in [1.807, 2.05) is 18.2 Å². The summed E-state index contributed by atoms with van der Waals surface area (Å²) in [7, 11) is 0. The van der Waals surface area contributed by atoms with Gasteiger partial charge in [-0.2, -0.15) is 0 Å². The fraction of sp³-hybridized carbons (Fsp3) is 0.429. The van der Waals surface area contributed by atoms with Crippen molar-refractivity contribution in [3.63, 3.8) is 0 Å². The number of alkyl halides is 1. The molecule has 20 heavy (non-hydrogen) atoms. The second-order valence-electron chi connectivity index (χ2n) is 5.25. The predicted molar refractivity (Wildman–Crippen MR) is 80.4 cm³/mol. The Hall–Kier alpha value is -1.40. The van der Waals surface area contributed by atoms with E-state index in [2.05, 4.69) is 32.8 Å². The molecule has 0 aliphatic carbocycles. The van der Waals surface area contributed by atoms with Crippen molar-refractivity contribution >= 4 is 27.0 Å². The molecular formula is C14H15BrN2O3. The Morgan fingerprint density at radius 3 is 2.60 bits per heavy atom. The maximum absolute atomic E-state index is 11.4. The highest BCUT2D eigenvalue weighted by Crippen LogP contribution is 2.38. The zero-order valence-electron chi connectivity index (χ0n) is 11.0. The molecular weight excluding hydrogens is 324 g/mol. The SMILES string of the molecule is CC1CC(C(Br)c2ccc3[nH]c(=O)c(=O)[nH]c3c2)CO1. The van der Waals surface area contributed by atoms with Gasteiger partial charge in [0.15, 0.2) is 0 Å². The Labute approximate surface area is 123 Å². The molecule has 3 atom stereocenters. The number of fused-ring (bicyclic) bond motifs is 1. The van der Waals surface area contributed by atoms with Crippen LogP contribution in [-0.4, -0.2) is 22.7 Å². The maximum atomic E-state index is 11.4.